The Kier molecular flexibility index (Phi) is 3.80. The molecular formula is C20H16N8O. The Morgan fingerprint density at radius 3 is 2.17 bits per heavy atom. The molecule has 1 aliphatic carbocycles. The van der Waals surface area contributed by atoms with Crippen molar-refractivity contribution in [3.8, 4) is 16.9 Å². The molecule has 1 aliphatic rings. The van der Waals surface area contributed by atoms with Crippen LogP contribution in [0.2, 0.25) is 0 Å². The zero-order valence-corrected chi connectivity index (χ0v) is 15.7. The minimum absolute atomic E-state index is 0.138. The molecule has 0 spiro atoms. The van der Waals surface area contributed by atoms with Gasteiger partial charge in [-0.25, -0.2) is 4.63 Å². The largest absolute Gasteiger partial charge is 0.378 e. The molecule has 2 heterocycles. The summed E-state index contributed by atoms with van der Waals surface area (Å²) in [6.07, 6.45) is 0. The smallest absolute Gasteiger partial charge is 0.243 e. The number of aromatic nitrogens is 5. The molecule has 0 radical (unpaired) electrons. The number of nitrogens with zero attached hydrogens (tertiary/aromatic N) is 7. The highest BCUT2D eigenvalue weighted by Crippen LogP contribution is 2.36. The van der Waals surface area contributed by atoms with E-state index in [4.69, 9.17) is 5.73 Å². The topological polar surface area (TPSA) is 120 Å². The highest BCUT2D eigenvalue weighted by Gasteiger charge is 2.24. The molecule has 2 N–H and O–H groups in total. The van der Waals surface area contributed by atoms with E-state index in [1.807, 2.05) is 38.1 Å². The monoisotopic (exact) mass is 384 g/mol. The van der Waals surface area contributed by atoms with Crippen LogP contribution in [0, 0.1) is 6.92 Å². The number of fused-ring (bicyclic) bond motifs is 3. The molecule has 142 valence electrons. The maximum Gasteiger partial charge on any atom is 0.243 e. The number of nitrogens with two attached hydrogens (primary N) is 1. The zero-order valence-electron chi connectivity index (χ0n) is 15.7. The van der Waals surface area contributed by atoms with Crippen LogP contribution in [0.15, 0.2) is 63.4 Å². The molecule has 0 amide bonds. The molecule has 2 aromatic heterocycles. The number of benzene rings is 2. The van der Waals surface area contributed by atoms with Crippen molar-refractivity contribution in [2.24, 2.45) is 10.2 Å². The molecule has 0 atom stereocenters. The van der Waals surface area contributed by atoms with Crippen molar-refractivity contribution < 1.29 is 4.63 Å². The predicted molar refractivity (Wildman–Crippen MR) is 108 cm³/mol. The normalized spacial score (nSPS) is 12.8. The first kappa shape index (κ1) is 17.0. The van der Waals surface area contributed by atoms with Gasteiger partial charge in [0.1, 0.15) is 11.4 Å². The Bertz CT molecular complexity index is 1250. The van der Waals surface area contributed by atoms with Gasteiger partial charge in [0, 0.05) is 11.1 Å². The van der Waals surface area contributed by atoms with Gasteiger partial charge in [-0.1, -0.05) is 53.7 Å². The third kappa shape index (κ3) is 2.63. The van der Waals surface area contributed by atoms with Crippen molar-refractivity contribution in [1.82, 2.24) is 25.3 Å². The van der Waals surface area contributed by atoms with Crippen molar-refractivity contribution >= 4 is 17.2 Å². The third-order valence-corrected chi connectivity index (χ3v) is 4.89. The molecular weight excluding hydrogens is 368 g/mol. The van der Waals surface area contributed by atoms with Gasteiger partial charge in [-0.3, -0.25) is 0 Å². The van der Waals surface area contributed by atoms with E-state index in [2.05, 4.69) is 59.7 Å². The SMILES string of the molecule is C/C(=N\N=C1c2ccccc2-c2ccccc21)c1nnn(-c2nonc2N)c1C. The fraction of sp³-hybridized carbons (Fsp3) is 0.100. The van der Waals surface area contributed by atoms with Gasteiger partial charge in [0.25, 0.3) is 0 Å². The average Bonchev–Trinajstić information content (AvgIpc) is 3.42. The van der Waals surface area contributed by atoms with Crippen LogP contribution in [0.1, 0.15) is 29.4 Å². The van der Waals surface area contributed by atoms with Crippen LogP contribution in [0.25, 0.3) is 16.9 Å². The van der Waals surface area contributed by atoms with E-state index in [0.29, 0.717) is 22.9 Å². The van der Waals surface area contributed by atoms with E-state index in [1.54, 1.807) is 0 Å². The van der Waals surface area contributed by atoms with E-state index in [1.165, 1.54) is 4.68 Å². The Balaban J connectivity index is 1.56. The Labute approximate surface area is 165 Å². The molecule has 9 nitrogen and oxygen atoms in total. The summed E-state index contributed by atoms with van der Waals surface area (Å²) in [6.45, 7) is 3.68. The van der Waals surface area contributed by atoms with Gasteiger partial charge in [-0.2, -0.15) is 9.78 Å². The van der Waals surface area contributed by atoms with E-state index >= 15 is 0 Å². The summed E-state index contributed by atoms with van der Waals surface area (Å²) in [6, 6.07) is 16.4. The molecule has 0 saturated heterocycles. The molecule has 0 fully saturated rings. The van der Waals surface area contributed by atoms with Crippen LogP contribution in [0.3, 0.4) is 0 Å². The fourth-order valence-corrected chi connectivity index (χ4v) is 3.48. The summed E-state index contributed by atoms with van der Waals surface area (Å²) in [5, 5.41) is 24.6. The van der Waals surface area contributed by atoms with Crippen LogP contribution in [-0.2, 0) is 0 Å². The quantitative estimate of drug-likeness (QED) is 0.377. The molecule has 0 bridgehead atoms. The Morgan fingerprint density at radius 1 is 0.966 bits per heavy atom. The van der Waals surface area contributed by atoms with Crippen molar-refractivity contribution in [1.29, 1.82) is 0 Å². The zero-order chi connectivity index (χ0) is 20.0. The van der Waals surface area contributed by atoms with Crippen molar-refractivity contribution in [2.45, 2.75) is 13.8 Å². The second kappa shape index (κ2) is 6.48. The van der Waals surface area contributed by atoms with Gasteiger partial charge in [0.15, 0.2) is 0 Å². The first-order valence-corrected chi connectivity index (χ1v) is 8.97. The van der Waals surface area contributed by atoms with Crippen LogP contribution < -0.4 is 5.73 Å². The molecule has 2 aromatic carbocycles. The summed E-state index contributed by atoms with van der Waals surface area (Å²) in [5.41, 5.74) is 13.0. The van der Waals surface area contributed by atoms with E-state index in [9.17, 15) is 0 Å². The van der Waals surface area contributed by atoms with Crippen LogP contribution >= 0.6 is 0 Å². The summed E-state index contributed by atoms with van der Waals surface area (Å²) in [7, 11) is 0. The molecule has 29 heavy (non-hydrogen) atoms. The second-order valence-electron chi connectivity index (χ2n) is 6.63. The first-order valence-electron chi connectivity index (χ1n) is 8.97. The van der Waals surface area contributed by atoms with Crippen molar-refractivity contribution in [3.05, 3.63) is 71.0 Å². The molecule has 0 unspecified atom stereocenters. The van der Waals surface area contributed by atoms with Crippen LogP contribution in [-0.4, -0.2) is 36.7 Å². The number of rotatable bonds is 3. The maximum atomic E-state index is 5.75. The lowest BCUT2D eigenvalue weighted by atomic mass is 10.1. The molecule has 0 aliphatic heterocycles. The van der Waals surface area contributed by atoms with Gasteiger partial charge in [0.05, 0.1) is 11.4 Å². The summed E-state index contributed by atoms with van der Waals surface area (Å²) < 4.78 is 6.11. The van der Waals surface area contributed by atoms with Gasteiger partial charge in [-0.05, 0) is 35.3 Å². The predicted octanol–water partition coefficient (Wildman–Crippen LogP) is 2.78. The Morgan fingerprint density at radius 2 is 1.59 bits per heavy atom. The Hall–Kier alpha value is -4.14. The summed E-state index contributed by atoms with van der Waals surface area (Å²) in [4.78, 5) is 0. The molecule has 4 aromatic rings. The second-order valence-corrected chi connectivity index (χ2v) is 6.63. The van der Waals surface area contributed by atoms with E-state index in [0.717, 1.165) is 28.0 Å². The van der Waals surface area contributed by atoms with Gasteiger partial charge < -0.3 is 5.73 Å². The minimum atomic E-state index is 0.138. The third-order valence-electron chi connectivity index (χ3n) is 4.89. The molecule has 5 rings (SSSR count). The van der Waals surface area contributed by atoms with Gasteiger partial charge in [0.2, 0.25) is 11.6 Å². The average molecular weight is 384 g/mol. The van der Waals surface area contributed by atoms with Crippen LogP contribution in [0.5, 0.6) is 0 Å². The first-order chi connectivity index (χ1) is 14.1. The highest BCUT2D eigenvalue weighted by atomic mass is 16.6. The lowest BCUT2D eigenvalue weighted by molar-refractivity contribution is 0.306. The lowest BCUT2D eigenvalue weighted by Crippen LogP contribution is -2.05. The van der Waals surface area contributed by atoms with Gasteiger partial charge in [-0.15, -0.1) is 10.2 Å². The lowest BCUT2D eigenvalue weighted by Gasteiger charge is -2.00. The molecule has 9 heteroatoms. The number of hydrogen-bond acceptors (Lipinski definition) is 8. The fourth-order valence-electron chi connectivity index (χ4n) is 3.48. The van der Waals surface area contributed by atoms with Gasteiger partial charge >= 0.3 is 0 Å². The minimum Gasteiger partial charge on any atom is -0.378 e. The molecule has 0 saturated carbocycles. The number of nitrogen functional groups attached to an aromatic ring is 1. The number of hydrogen-bond donors (Lipinski definition) is 1. The number of anilines is 1. The summed E-state index contributed by atoms with van der Waals surface area (Å²) in [5.74, 6) is 0.428. The van der Waals surface area contributed by atoms with Crippen molar-refractivity contribution in [3.63, 3.8) is 0 Å². The standard InChI is InChI=1S/C20H16N8O/c1-11(17-12(2)28(27-24-17)20-19(21)25-29-26-20)22-23-18-15-9-5-3-7-13(15)14-8-4-6-10-16(14)18/h3-10H,1-2H3,(H2,21,25)/b22-11+. The van der Waals surface area contributed by atoms with E-state index in [-0.39, 0.29) is 5.82 Å². The van der Waals surface area contributed by atoms with Crippen molar-refractivity contribution in [2.75, 3.05) is 5.73 Å². The summed E-state index contributed by atoms with van der Waals surface area (Å²) >= 11 is 0. The van der Waals surface area contributed by atoms with Crippen LogP contribution in [0.4, 0.5) is 5.82 Å². The highest BCUT2D eigenvalue weighted by molar-refractivity contribution is 6.24. The van der Waals surface area contributed by atoms with E-state index < -0.39 is 0 Å². The maximum absolute atomic E-state index is 5.75.